The lowest BCUT2D eigenvalue weighted by atomic mass is 10.2. The molecule has 1 rings (SSSR count). The number of benzene rings is 1. The standard InChI is InChI=1S/C10H10Cl3N/c1-7-3-2-4-9(13)10(7)14-6-8(12)5-11/h2-5,14H,6H2,1H3/b8-5-. The topological polar surface area (TPSA) is 12.0 Å². The smallest absolute Gasteiger partial charge is 0.0640 e. The Labute approximate surface area is 98.7 Å². The van der Waals surface area contributed by atoms with Gasteiger partial charge in [-0.05, 0) is 18.6 Å². The van der Waals surface area contributed by atoms with Crippen molar-refractivity contribution in [2.24, 2.45) is 0 Å². The van der Waals surface area contributed by atoms with Gasteiger partial charge in [0.1, 0.15) is 0 Å². The molecular formula is C10H10Cl3N. The van der Waals surface area contributed by atoms with Gasteiger partial charge in [0.05, 0.1) is 17.3 Å². The van der Waals surface area contributed by atoms with E-state index in [0.717, 1.165) is 11.3 Å². The van der Waals surface area contributed by atoms with Crippen molar-refractivity contribution < 1.29 is 0 Å². The Hall–Kier alpha value is -0.370. The fourth-order valence-electron chi connectivity index (χ4n) is 1.07. The third kappa shape index (κ3) is 3.09. The van der Waals surface area contributed by atoms with Gasteiger partial charge in [0.2, 0.25) is 0 Å². The summed E-state index contributed by atoms with van der Waals surface area (Å²) in [7, 11) is 0. The maximum absolute atomic E-state index is 6.00. The van der Waals surface area contributed by atoms with Crippen molar-refractivity contribution in [3.8, 4) is 0 Å². The molecule has 0 radical (unpaired) electrons. The normalized spacial score (nSPS) is 11.6. The first-order valence-electron chi connectivity index (χ1n) is 4.09. The SMILES string of the molecule is Cc1cccc(Cl)c1NC/C(Cl)=C/Cl. The van der Waals surface area contributed by atoms with E-state index >= 15 is 0 Å². The number of anilines is 1. The van der Waals surface area contributed by atoms with Crippen molar-refractivity contribution in [2.75, 3.05) is 11.9 Å². The molecule has 1 nitrogen and oxygen atoms in total. The highest BCUT2D eigenvalue weighted by Crippen LogP contribution is 2.25. The molecule has 0 fully saturated rings. The van der Waals surface area contributed by atoms with E-state index in [-0.39, 0.29) is 0 Å². The van der Waals surface area contributed by atoms with Crippen molar-refractivity contribution >= 4 is 40.5 Å². The van der Waals surface area contributed by atoms with Crippen LogP contribution in [0.3, 0.4) is 0 Å². The molecule has 0 aliphatic rings. The van der Waals surface area contributed by atoms with Crippen molar-refractivity contribution in [2.45, 2.75) is 6.92 Å². The maximum Gasteiger partial charge on any atom is 0.0640 e. The molecule has 0 spiro atoms. The van der Waals surface area contributed by atoms with Gasteiger partial charge >= 0.3 is 0 Å². The van der Waals surface area contributed by atoms with Crippen LogP contribution in [0.2, 0.25) is 5.02 Å². The molecule has 0 aliphatic carbocycles. The second kappa shape index (κ2) is 5.50. The number of aryl methyl sites for hydroxylation is 1. The largest absolute Gasteiger partial charge is 0.379 e. The van der Waals surface area contributed by atoms with E-state index in [0.29, 0.717) is 16.6 Å². The van der Waals surface area contributed by atoms with E-state index in [9.17, 15) is 0 Å². The van der Waals surface area contributed by atoms with E-state index in [4.69, 9.17) is 34.8 Å². The fraction of sp³-hybridized carbons (Fsp3) is 0.200. The van der Waals surface area contributed by atoms with Crippen molar-refractivity contribution in [1.29, 1.82) is 0 Å². The lowest BCUT2D eigenvalue weighted by Gasteiger charge is -2.10. The molecule has 76 valence electrons. The average Bonchev–Trinajstić information content (AvgIpc) is 2.16. The Morgan fingerprint density at radius 1 is 1.50 bits per heavy atom. The molecule has 1 aromatic rings. The van der Waals surface area contributed by atoms with Gasteiger partial charge in [-0.1, -0.05) is 46.9 Å². The molecule has 0 unspecified atom stereocenters. The molecule has 14 heavy (non-hydrogen) atoms. The molecule has 0 saturated carbocycles. The van der Waals surface area contributed by atoms with Crippen LogP contribution in [0, 0.1) is 6.92 Å². The van der Waals surface area contributed by atoms with E-state index in [2.05, 4.69) is 5.32 Å². The highest BCUT2D eigenvalue weighted by molar-refractivity contribution is 6.37. The van der Waals surface area contributed by atoms with Crippen molar-refractivity contribution in [3.63, 3.8) is 0 Å². The molecule has 0 amide bonds. The number of halogens is 3. The van der Waals surface area contributed by atoms with Crippen LogP contribution in [0.4, 0.5) is 5.69 Å². The Morgan fingerprint density at radius 2 is 2.21 bits per heavy atom. The predicted molar refractivity (Wildman–Crippen MR) is 64.5 cm³/mol. The summed E-state index contributed by atoms with van der Waals surface area (Å²) in [5, 5.41) is 4.35. The van der Waals surface area contributed by atoms with Gasteiger partial charge in [-0.15, -0.1) is 0 Å². The Balaban J connectivity index is 2.76. The quantitative estimate of drug-likeness (QED) is 0.839. The second-order valence-electron chi connectivity index (χ2n) is 2.84. The highest BCUT2D eigenvalue weighted by Gasteiger charge is 2.02. The lowest BCUT2D eigenvalue weighted by molar-refractivity contribution is 1.28. The molecule has 0 bridgehead atoms. The maximum atomic E-state index is 6.00. The molecule has 4 heteroatoms. The number of hydrogen-bond acceptors (Lipinski definition) is 1. The molecule has 1 aromatic carbocycles. The van der Waals surface area contributed by atoms with Gasteiger partial charge < -0.3 is 5.32 Å². The zero-order chi connectivity index (χ0) is 10.6. The number of rotatable bonds is 3. The number of hydrogen-bond donors (Lipinski definition) is 1. The van der Waals surface area contributed by atoms with Crippen LogP contribution in [0.25, 0.3) is 0 Å². The first-order chi connectivity index (χ1) is 6.65. The lowest BCUT2D eigenvalue weighted by Crippen LogP contribution is -2.03. The summed E-state index contributed by atoms with van der Waals surface area (Å²) in [4.78, 5) is 0. The fourth-order valence-corrected chi connectivity index (χ4v) is 1.50. The molecule has 0 atom stereocenters. The van der Waals surface area contributed by atoms with Crippen LogP contribution in [0.15, 0.2) is 28.8 Å². The third-order valence-electron chi connectivity index (χ3n) is 1.77. The number of para-hydroxylation sites is 1. The first kappa shape index (κ1) is 11.7. The van der Waals surface area contributed by atoms with E-state index in [1.54, 1.807) is 0 Å². The average molecular weight is 251 g/mol. The van der Waals surface area contributed by atoms with Gasteiger partial charge in [0.15, 0.2) is 0 Å². The van der Waals surface area contributed by atoms with Gasteiger partial charge in [0, 0.05) is 10.6 Å². The summed E-state index contributed by atoms with van der Waals surface area (Å²) in [6.07, 6.45) is 0. The van der Waals surface area contributed by atoms with Gasteiger partial charge in [-0.2, -0.15) is 0 Å². The Morgan fingerprint density at radius 3 is 2.79 bits per heavy atom. The summed E-state index contributed by atoms with van der Waals surface area (Å²) in [6.45, 7) is 2.46. The van der Waals surface area contributed by atoms with Gasteiger partial charge in [-0.3, -0.25) is 0 Å². The minimum absolute atomic E-state index is 0.482. The van der Waals surface area contributed by atoms with E-state index < -0.39 is 0 Å². The van der Waals surface area contributed by atoms with Crippen LogP contribution in [-0.4, -0.2) is 6.54 Å². The summed E-state index contributed by atoms with van der Waals surface area (Å²) in [5.74, 6) is 0. The summed E-state index contributed by atoms with van der Waals surface area (Å²) < 4.78 is 0. The first-order valence-corrected chi connectivity index (χ1v) is 5.28. The van der Waals surface area contributed by atoms with Crippen LogP contribution in [0.5, 0.6) is 0 Å². The van der Waals surface area contributed by atoms with Crippen LogP contribution in [-0.2, 0) is 0 Å². The zero-order valence-electron chi connectivity index (χ0n) is 7.65. The molecule has 0 aromatic heterocycles. The van der Waals surface area contributed by atoms with E-state index in [1.807, 2.05) is 25.1 Å². The van der Waals surface area contributed by atoms with Crippen molar-refractivity contribution in [1.82, 2.24) is 0 Å². The predicted octanol–water partition coefficient (Wildman–Crippen LogP) is 4.38. The van der Waals surface area contributed by atoms with E-state index in [1.165, 1.54) is 5.54 Å². The Bertz CT molecular complexity index is 327. The monoisotopic (exact) mass is 249 g/mol. The molecule has 0 aliphatic heterocycles. The van der Waals surface area contributed by atoms with Crippen LogP contribution < -0.4 is 5.32 Å². The zero-order valence-corrected chi connectivity index (χ0v) is 9.92. The summed E-state index contributed by atoms with van der Waals surface area (Å²) >= 11 is 17.2. The minimum atomic E-state index is 0.482. The summed E-state index contributed by atoms with van der Waals surface area (Å²) in [6, 6.07) is 5.71. The van der Waals surface area contributed by atoms with Crippen LogP contribution in [0.1, 0.15) is 5.56 Å². The number of nitrogens with one attached hydrogen (secondary N) is 1. The van der Waals surface area contributed by atoms with Gasteiger partial charge in [-0.25, -0.2) is 0 Å². The molecular weight excluding hydrogens is 240 g/mol. The highest BCUT2D eigenvalue weighted by atomic mass is 35.5. The molecule has 1 N–H and O–H groups in total. The minimum Gasteiger partial charge on any atom is -0.379 e. The molecule has 0 saturated heterocycles. The van der Waals surface area contributed by atoms with Gasteiger partial charge in [0.25, 0.3) is 0 Å². The molecule has 0 heterocycles. The second-order valence-corrected chi connectivity index (χ2v) is 3.95. The van der Waals surface area contributed by atoms with Crippen LogP contribution >= 0.6 is 34.8 Å². The third-order valence-corrected chi connectivity index (χ3v) is 2.71. The Kier molecular flexibility index (Phi) is 4.59. The summed E-state index contributed by atoms with van der Waals surface area (Å²) in [5.41, 5.74) is 3.31. The van der Waals surface area contributed by atoms with Crippen molar-refractivity contribution in [3.05, 3.63) is 39.4 Å².